The zero-order valence-electron chi connectivity index (χ0n) is 10.5. The van der Waals surface area contributed by atoms with E-state index in [9.17, 15) is 0 Å². The molecule has 96 valence electrons. The maximum absolute atomic E-state index is 5.39. The molecule has 1 fully saturated rings. The van der Waals surface area contributed by atoms with E-state index in [0.29, 0.717) is 6.04 Å². The number of nitrogens with one attached hydrogen (secondary N) is 1. The monoisotopic (exact) mass is 254 g/mol. The summed E-state index contributed by atoms with van der Waals surface area (Å²) in [6.45, 7) is 5.10. The van der Waals surface area contributed by atoms with E-state index in [1.54, 1.807) is 0 Å². The van der Waals surface area contributed by atoms with Crippen LogP contribution in [0.2, 0.25) is 0 Å². The quantitative estimate of drug-likeness (QED) is 0.748. The third-order valence-electron chi connectivity index (χ3n) is 3.30. The van der Waals surface area contributed by atoms with E-state index in [-0.39, 0.29) is 0 Å². The lowest BCUT2D eigenvalue weighted by Gasteiger charge is -2.22. The number of likely N-dealkylation sites (N-methyl/N-ethyl adjacent to an activating group) is 1. The van der Waals surface area contributed by atoms with Gasteiger partial charge >= 0.3 is 0 Å². The van der Waals surface area contributed by atoms with Crippen molar-refractivity contribution in [2.45, 2.75) is 18.9 Å². The number of hydrogen-bond acceptors (Lipinski definition) is 4. The van der Waals surface area contributed by atoms with Crippen molar-refractivity contribution in [2.24, 2.45) is 0 Å². The molecule has 0 aromatic carbocycles. The van der Waals surface area contributed by atoms with Gasteiger partial charge in [0.1, 0.15) is 0 Å². The van der Waals surface area contributed by atoms with Crippen LogP contribution in [0.1, 0.15) is 11.3 Å². The molecule has 1 atom stereocenters. The molecule has 4 heteroatoms. The second-order valence-electron chi connectivity index (χ2n) is 4.58. The third kappa shape index (κ3) is 4.39. The molecule has 17 heavy (non-hydrogen) atoms. The number of ether oxygens (including phenoxy) is 1. The van der Waals surface area contributed by atoms with Gasteiger partial charge in [0.25, 0.3) is 0 Å². The normalized spacial score (nSPS) is 20.2. The Bertz CT molecular complexity index is 296. The van der Waals surface area contributed by atoms with Crippen molar-refractivity contribution >= 4 is 11.3 Å². The van der Waals surface area contributed by atoms with E-state index in [4.69, 9.17) is 4.74 Å². The zero-order valence-corrected chi connectivity index (χ0v) is 11.3. The largest absolute Gasteiger partial charge is 0.380 e. The van der Waals surface area contributed by atoms with Crippen molar-refractivity contribution in [3.8, 4) is 0 Å². The molecular weight excluding hydrogens is 232 g/mol. The molecule has 3 nitrogen and oxygen atoms in total. The summed E-state index contributed by atoms with van der Waals surface area (Å²) in [6.07, 6.45) is 2.33. The maximum Gasteiger partial charge on any atom is 0.0622 e. The second kappa shape index (κ2) is 7.11. The lowest BCUT2D eigenvalue weighted by atomic mass is 10.2. The third-order valence-corrected chi connectivity index (χ3v) is 4.23. The van der Waals surface area contributed by atoms with Crippen LogP contribution in [-0.4, -0.2) is 50.8 Å². The first-order valence-electron chi connectivity index (χ1n) is 6.37. The summed E-state index contributed by atoms with van der Waals surface area (Å²) in [5, 5.41) is 5.64. The van der Waals surface area contributed by atoms with Crippen molar-refractivity contribution in [1.29, 1.82) is 0 Å². The van der Waals surface area contributed by atoms with Crippen molar-refractivity contribution in [2.75, 3.05) is 39.9 Å². The highest BCUT2D eigenvalue weighted by atomic mass is 32.1. The summed E-state index contributed by atoms with van der Waals surface area (Å²) in [4.78, 5) is 3.88. The predicted molar refractivity (Wildman–Crippen MR) is 72.7 cm³/mol. The smallest absolute Gasteiger partial charge is 0.0622 e. The van der Waals surface area contributed by atoms with E-state index < -0.39 is 0 Å². The van der Waals surface area contributed by atoms with Crippen LogP contribution in [0.25, 0.3) is 0 Å². The highest BCUT2D eigenvalue weighted by Crippen LogP contribution is 2.10. The molecule has 0 amide bonds. The van der Waals surface area contributed by atoms with Gasteiger partial charge in [-0.1, -0.05) is 6.07 Å². The van der Waals surface area contributed by atoms with Crippen LogP contribution in [0.5, 0.6) is 0 Å². The molecule has 1 saturated heterocycles. The van der Waals surface area contributed by atoms with Gasteiger partial charge in [0, 0.05) is 37.2 Å². The van der Waals surface area contributed by atoms with E-state index in [1.165, 1.54) is 11.3 Å². The summed E-state index contributed by atoms with van der Waals surface area (Å²) in [5.41, 5.74) is 0. The Morgan fingerprint density at radius 2 is 2.47 bits per heavy atom. The highest BCUT2D eigenvalue weighted by Gasteiger charge is 2.19. The van der Waals surface area contributed by atoms with Gasteiger partial charge in [0.15, 0.2) is 0 Å². The first-order valence-corrected chi connectivity index (χ1v) is 7.25. The fraction of sp³-hybridized carbons (Fsp3) is 0.692. The number of nitrogens with zero attached hydrogens (tertiary/aromatic N) is 1. The Balaban J connectivity index is 1.51. The van der Waals surface area contributed by atoms with Gasteiger partial charge < -0.3 is 10.1 Å². The van der Waals surface area contributed by atoms with Crippen molar-refractivity contribution in [3.63, 3.8) is 0 Å². The summed E-state index contributed by atoms with van der Waals surface area (Å²) in [5.74, 6) is 0. The van der Waals surface area contributed by atoms with Crippen LogP contribution in [0.3, 0.4) is 0 Å². The van der Waals surface area contributed by atoms with E-state index in [0.717, 1.165) is 39.3 Å². The molecule has 1 aromatic rings. The van der Waals surface area contributed by atoms with Gasteiger partial charge in [0.05, 0.1) is 6.61 Å². The molecule has 1 aromatic heterocycles. The average Bonchev–Trinajstić information content (AvgIpc) is 3.01. The molecule has 1 aliphatic rings. The maximum atomic E-state index is 5.39. The van der Waals surface area contributed by atoms with Crippen molar-refractivity contribution in [3.05, 3.63) is 22.4 Å². The molecule has 1 aliphatic heterocycles. The molecular formula is C13H22N2OS. The molecule has 0 aliphatic carbocycles. The SMILES string of the molecule is CN(CCNCCc1cccs1)C1CCOC1. The Morgan fingerprint density at radius 1 is 1.53 bits per heavy atom. The van der Waals surface area contributed by atoms with Gasteiger partial charge in [-0.2, -0.15) is 0 Å². The van der Waals surface area contributed by atoms with E-state index in [2.05, 4.69) is 34.8 Å². The minimum absolute atomic E-state index is 0.633. The fourth-order valence-corrected chi connectivity index (χ4v) is 2.81. The minimum Gasteiger partial charge on any atom is -0.380 e. The first-order chi connectivity index (χ1) is 8.36. The van der Waals surface area contributed by atoms with Crippen LogP contribution in [0.4, 0.5) is 0 Å². The van der Waals surface area contributed by atoms with E-state index in [1.807, 2.05) is 11.3 Å². The number of hydrogen-bond donors (Lipinski definition) is 1. The van der Waals surface area contributed by atoms with Crippen LogP contribution in [0.15, 0.2) is 17.5 Å². The lowest BCUT2D eigenvalue weighted by molar-refractivity contribution is 0.159. The van der Waals surface area contributed by atoms with Crippen LogP contribution >= 0.6 is 11.3 Å². The predicted octanol–water partition coefficient (Wildman–Crippen LogP) is 1.60. The lowest BCUT2D eigenvalue weighted by Crippen LogP contribution is -2.37. The zero-order chi connectivity index (χ0) is 11.9. The summed E-state index contributed by atoms with van der Waals surface area (Å²) in [7, 11) is 2.19. The number of rotatable bonds is 7. The molecule has 2 rings (SSSR count). The molecule has 1 unspecified atom stereocenters. The molecule has 2 heterocycles. The van der Waals surface area contributed by atoms with Gasteiger partial charge in [-0.05, 0) is 31.3 Å². The van der Waals surface area contributed by atoms with Gasteiger partial charge in [-0.25, -0.2) is 0 Å². The molecule has 1 N–H and O–H groups in total. The summed E-state index contributed by atoms with van der Waals surface area (Å²) < 4.78 is 5.39. The van der Waals surface area contributed by atoms with Crippen molar-refractivity contribution in [1.82, 2.24) is 10.2 Å². The standard InChI is InChI=1S/C13H22N2OS/c1-15(12-5-9-16-11-12)8-7-14-6-4-13-3-2-10-17-13/h2-3,10,12,14H,4-9,11H2,1H3. The Morgan fingerprint density at radius 3 is 3.18 bits per heavy atom. The summed E-state index contributed by atoms with van der Waals surface area (Å²) >= 11 is 1.84. The highest BCUT2D eigenvalue weighted by molar-refractivity contribution is 7.09. The van der Waals surface area contributed by atoms with Crippen LogP contribution in [0, 0.1) is 0 Å². The van der Waals surface area contributed by atoms with Crippen LogP contribution < -0.4 is 5.32 Å². The average molecular weight is 254 g/mol. The molecule has 0 bridgehead atoms. The Hall–Kier alpha value is -0.420. The Labute approximate surface area is 108 Å². The van der Waals surface area contributed by atoms with Crippen molar-refractivity contribution < 1.29 is 4.74 Å². The topological polar surface area (TPSA) is 24.5 Å². The van der Waals surface area contributed by atoms with Gasteiger partial charge in [0.2, 0.25) is 0 Å². The van der Waals surface area contributed by atoms with Gasteiger partial charge in [-0.15, -0.1) is 11.3 Å². The molecule has 0 radical (unpaired) electrons. The van der Waals surface area contributed by atoms with Crippen LogP contribution in [-0.2, 0) is 11.2 Å². The first kappa shape index (κ1) is 13.0. The van der Waals surface area contributed by atoms with Gasteiger partial charge in [-0.3, -0.25) is 4.90 Å². The fourth-order valence-electron chi connectivity index (χ4n) is 2.10. The van der Waals surface area contributed by atoms with E-state index >= 15 is 0 Å². The molecule has 0 saturated carbocycles. The number of thiophene rings is 1. The second-order valence-corrected chi connectivity index (χ2v) is 5.61. The summed E-state index contributed by atoms with van der Waals surface area (Å²) in [6, 6.07) is 4.96. The minimum atomic E-state index is 0.633. The molecule has 0 spiro atoms. The Kier molecular flexibility index (Phi) is 5.45.